The molecule has 5 N–H and O–H groups in total. The maximum absolute atomic E-state index is 11.6. The predicted octanol–water partition coefficient (Wildman–Crippen LogP) is -3.80. The van der Waals surface area contributed by atoms with Crippen LogP contribution >= 0.6 is 0 Å². The Hall–Kier alpha value is -0.850. The molecule has 0 aromatic rings. The van der Waals surface area contributed by atoms with Crippen molar-refractivity contribution in [2.45, 2.75) is 61.2 Å². The smallest absolute Gasteiger partial charge is 0.337 e. The summed E-state index contributed by atoms with van der Waals surface area (Å²) in [6.45, 7) is 0. The molecule has 3 saturated heterocycles. The van der Waals surface area contributed by atoms with Gasteiger partial charge in [-0.15, -0.1) is 0 Å². The van der Waals surface area contributed by atoms with E-state index < -0.39 is 60.8 Å². The molecule has 10 nitrogen and oxygen atoms in total. The first kappa shape index (κ1) is 16.0. The number of hydrogen-bond acceptors (Lipinski definition) is 10. The lowest BCUT2D eigenvalue weighted by Gasteiger charge is -2.51. The number of carbonyl (C=O) groups excluding carboxylic acids is 1. The molecule has 0 radical (unpaired) electrons. The minimum absolute atomic E-state index is 0.0629. The van der Waals surface area contributed by atoms with Gasteiger partial charge in [-0.2, -0.15) is 0 Å². The molecule has 3 aliphatic heterocycles. The van der Waals surface area contributed by atoms with E-state index in [0.717, 1.165) is 7.11 Å². The molecule has 0 aliphatic carbocycles. The van der Waals surface area contributed by atoms with Gasteiger partial charge < -0.3 is 44.5 Å². The third kappa shape index (κ3) is 2.15. The van der Waals surface area contributed by atoms with Crippen LogP contribution in [0.1, 0.15) is 6.42 Å². The van der Waals surface area contributed by atoms with Crippen LogP contribution in [0.3, 0.4) is 0 Å². The summed E-state index contributed by atoms with van der Waals surface area (Å²) in [5.74, 6) is -3.26. The molecule has 126 valence electrons. The lowest BCUT2D eigenvalue weighted by molar-refractivity contribution is -0.397. The van der Waals surface area contributed by atoms with E-state index in [4.69, 9.17) is 14.2 Å². The van der Waals surface area contributed by atoms with E-state index in [0.29, 0.717) is 0 Å². The number of ether oxygens (including phenoxy) is 4. The Morgan fingerprint density at radius 3 is 2.50 bits per heavy atom. The topological polar surface area (TPSA) is 155 Å². The van der Waals surface area contributed by atoms with Gasteiger partial charge in [0.25, 0.3) is 0 Å². The minimum atomic E-state index is -2.35. The molecule has 22 heavy (non-hydrogen) atoms. The van der Waals surface area contributed by atoms with Gasteiger partial charge in [-0.05, 0) is 0 Å². The van der Waals surface area contributed by atoms with E-state index in [1.54, 1.807) is 0 Å². The summed E-state index contributed by atoms with van der Waals surface area (Å²) >= 11 is 0. The predicted molar refractivity (Wildman–Crippen MR) is 64.0 cm³/mol. The lowest BCUT2D eigenvalue weighted by Crippen LogP contribution is -2.72. The highest BCUT2D eigenvalue weighted by molar-refractivity contribution is 5.75. The molecular formula is C12H18O10. The fourth-order valence-electron chi connectivity index (χ4n) is 3.12. The first-order valence-electron chi connectivity index (χ1n) is 6.80. The van der Waals surface area contributed by atoms with Gasteiger partial charge in [0.2, 0.25) is 5.79 Å². The van der Waals surface area contributed by atoms with Crippen LogP contribution in [0.4, 0.5) is 0 Å². The number of aliphatic hydroxyl groups excluding tert-OH is 4. The van der Waals surface area contributed by atoms with Crippen LogP contribution in [0.15, 0.2) is 0 Å². The molecule has 0 spiro atoms. The monoisotopic (exact) mass is 322 g/mol. The van der Waals surface area contributed by atoms with Gasteiger partial charge in [-0.3, -0.25) is 0 Å². The van der Waals surface area contributed by atoms with Gasteiger partial charge in [0, 0.05) is 6.42 Å². The van der Waals surface area contributed by atoms with Crippen molar-refractivity contribution in [3.8, 4) is 0 Å². The van der Waals surface area contributed by atoms with Crippen molar-refractivity contribution in [2.24, 2.45) is 0 Å². The number of methoxy groups -OCH3 is 1. The lowest BCUT2D eigenvalue weighted by atomic mass is 9.85. The van der Waals surface area contributed by atoms with Gasteiger partial charge in [0.15, 0.2) is 12.4 Å². The molecule has 0 unspecified atom stereocenters. The Morgan fingerprint density at radius 2 is 1.86 bits per heavy atom. The van der Waals surface area contributed by atoms with Crippen molar-refractivity contribution in [1.29, 1.82) is 0 Å². The second-order valence-corrected chi connectivity index (χ2v) is 5.63. The maximum Gasteiger partial charge on any atom is 0.337 e. The average molecular weight is 322 g/mol. The van der Waals surface area contributed by atoms with E-state index in [-0.39, 0.29) is 6.42 Å². The third-order valence-corrected chi connectivity index (χ3v) is 4.34. The molecule has 0 bridgehead atoms. The van der Waals surface area contributed by atoms with E-state index in [1.807, 2.05) is 0 Å². The van der Waals surface area contributed by atoms with Crippen LogP contribution in [0.5, 0.6) is 0 Å². The molecule has 9 atom stereocenters. The summed E-state index contributed by atoms with van der Waals surface area (Å²) in [4.78, 5) is 11.6. The van der Waals surface area contributed by atoms with E-state index in [2.05, 4.69) is 4.74 Å². The Bertz CT molecular complexity index is 457. The maximum atomic E-state index is 11.6. The second-order valence-electron chi connectivity index (χ2n) is 5.63. The zero-order chi connectivity index (χ0) is 16.2. The molecule has 0 aromatic heterocycles. The van der Waals surface area contributed by atoms with Gasteiger partial charge in [-0.1, -0.05) is 0 Å². The minimum Gasteiger partial charge on any atom is -0.467 e. The zero-order valence-corrected chi connectivity index (χ0v) is 11.6. The highest BCUT2D eigenvalue weighted by atomic mass is 16.7. The van der Waals surface area contributed by atoms with Crippen LogP contribution in [0, 0.1) is 0 Å². The summed E-state index contributed by atoms with van der Waals surface area (Å²) in [5, 5.41) is 49.8. The SMILES string of the molecule is COC(=O)[C@H]1O[C@@H]2C[C@H]3O[C@@H](O)[C@H](O)[C@H]3O[C@@]2(O)[C@@H](O)[C@@H]1O. The standard InChI is InChI=1S/C12H18O10/c1-19-11(17)8-5(13)9(15)12(18)4(21-8)2-3-7(22-12)6(14)10(16)20-3/h3-10,13-16,18H,2H2,1H3/t3-,4-,5-,6-,7+,8+,9+,10-,12-/m1/s1. The normalized spacial score (nSPS) is 54.5. The number of carbonyl (C=O) groups is 1. The van der Waals surface area contributed by atoms with Crippen molar-refractivity contribution in [3.05, 3.63) is 0 Å². The molecule has 0 amide bonds. The average Bonchev–Trinajstić information content (AvgIpc) is 2.76. The van der Waals surface area contributed by atoms with Gasteiger partial charge in [-0.25, -0.2) is 4.79 Å². The van der Waals surface area contributed by atoms with E-state index in [9.17, 15) is 30.3 Å². The summed E-state index contributed by atoms with van der Waals surface area (Å²) in [6.07, 6.45) is -11.2. The molecule has 10 heteroatoms. The second kappa shape index (κ2) is 5.35. The highest BCUT2D eigenvalue weighted by Crippen LogP contribution is 2.43. The summed E-state index contributed by atoms with van der Waals surface area (Å²) < 4.78 is 20.1. The first-order valence-corrected chi connectivity index (χ1v) is 6.80. The number of hydrogen-bond donors (Lipinski definition) is 5. The van der Waals surface area contributed by atoms with E-state index in [1.165, 1.54) is 0 Å². The van der Waals surface area contributed by atoms with Crippen molar-refractivity contribution in [3.63, 3.8) is 0 Å². The molecule has 3 fully saturated rings. The Balaban J connectivity index is 1.86. The Kier molecular flexibility index (Phi) is 3.90. The zero-order valence-electron chi connectivity index (χ0n) is 11.6. The Morgan fingerprint density at radius 1 is 1.18 bits per heavy atom. The fraction of sp³-hybridized carbons (Fsp3) is 0.917. The van der Waals surface area contributed by atoms with Crippen LogP contribution in [0.2, 0.25) is 0 Å². The summed E-state index contributed by atoms with van der Waals surface area (Å²) in [5.41, 5.74) is 0. The van der Waals surface area contributed by atoms with Gasteiger partial charge in [0.1, 0.15) is 30.5 Å². The number of fused-ring (bicyclic) bond motifs is 2. The van der Waals surface area contributed by atoms with Crippen molar-refractivity contribution in [1.82, 2.24) is 0 Å². The number of aliphatic hydroxyl groups is 5. The van der Waals surface area contributed by atoms with E-state index >= 15 is 0 Å². The number of rotatable bonds is 1. The number of esters is 1. The first-order chi connectivity index (χ1) is 10.3. The molecule has 0 aromatic carbocycles. The summed E-state index contributed by atoms with van der Waals surface area (Å²) in [7, 11) is 1.09. The highest BCUT2D eigenvalue weighted by Gasteiger charge is 2.64. The molecular weight excluding hydrogens is 304 g/mol. The molecule has 3 aliphatic rings. The van der Waals surface area contributed by atoms with Crippen molar-refractivity contribution in [2.75, 3.05) is 7.11 Å². The van der Waals surface area contributed by atoms with Crippen molar-refractivity contribution >= 4 is 5.97 Å². The molecule has 3 heterocycles. The van der Waals surface area contributed by atoms with Gasteiger partial charge in [0.05, 0.1) is 13.2 Å². The largest absolute Gasteiger partial charge is 0.467 e. The van der Waals surface area contributed by atoms with Gasteiger partial charge >= 0.3 is 5.97 Å². The van der Waals surface area contributed by atoms with Crippen LogP contribution < -0.4 is 0 Å². The Labute approximate surface area is 124 Å². The van der Waals surface area contributed by atoms with Crippen LogP contribution in [-0.2, 0) is 23.7 Å². The third-order valence-electron chi connectivity index (χ3n) is 4.34. The van der Waals surface area contributed by atoms with Crippen LogP contribution in [0.25, 0.3) is 0 Å². The molecule has 3 rings (SSSR count). The molecule has 0 saturated carbocycles. The van der Waals surface area contributed by atoms with Crippen molar-refractivity contribution < 1.29 is 49.3 Å². The summed E-state index contributed by atoms with van der Waals surface area (Å²) in [6, 6.07) is 0. The van der Waals surface area contributed by atoms with Crippen LogP contribution in [-0.4, -0.2) is 93.4 Å². The quantitative estimate of drug-likeness (QED) is 0.303. The fourth-order valence-corrected chi connectivity index (χ4v) is 3.12.